The van der Waals surface area contributed by atoms with Gasteiger partial charge in [-0.2, -0.15) is 0 Å². The number of hydrogen-bond acceptors (Lipinski definition) is 4. The Bertz CT molecular complexity index is 311. The van der Waals surface area contributed by atoms with E-state index in [2.05, 4.69) is 17.1 Å². The fraction of sp³-hybridized carbons (Fsp3) is 0.692. The molecule has 96 valence electrons. The Labute approximate surface area is 107 Å². The van der Waals surface area contributed by atoms with Gasteiger partial charge < -0.3 is 10.4 Å². The molecule has 0 aliphatic heterocycles. The van der Waals surface area contributed by atoms with Crippen LogP contribution in [0.2, 0.25) is 0 Å². The molecule has 1 heterocycles. The highest BCUT2D eigenvalue weighted by Gasteiger charge is 2.27. The zero-order valence-corrected chi connectivity index (χ0v) is 11.2. The normalized spacial score (nSPS) is 17.6. The summed E-state index contributed by atoms with van der Waals surface area (Å²) < 4.78 is 0. The second-order valence-electron chi connectivity index (χ2n) is 4.60. The van der Waals surface area contributed by atoms with Gasteiger partial charge in [0, 0.05) is 30.6 Å². The van der Waals surface area contributed by atoms with Crippen LogP contribution in [0.4, 0.5) is 0 Å². The Kier molecular flexibility index (Phi) is 4.98. The van der Waals surface area contributed by atoms with E-state index in [0.717, 1.165) is 30.6 Å². The van der Waals surface area contributed by atoms with Crippen LogP contribution in [0.3, 0.4) is 0 Å². The highest BCUT2D eigenvalue weighted by molar-refractivity contribution is 7.10. The average molecular weight is 254 g/mol. The van der Waals surface area contributed by atoms with E-state index in [0.29, 0.717) is 6.54 Å². The lowest BCUT2D eigenvalue weighted by Crippen LogP contribution is -2.34. The molecule has 0 aromatic carbocycles. The molecule has 1 atom stereocenters. The molecule has 0 radical (unpaired) electrons. The largest absolute Gasteiger partial charge is 0.386 e. The first-order valence-corrected chi connectivity index (χ1v) is 7.35. The molecular formula is C13H22N2OS. The van der Waals surface area contributed by atoms with Crippen molar-refractivity contribution >= 4 is 11.3 Å². The Morgan fingerprint density at radius 3 is 3.00 bits per heavy atom. The number of likely N-dealkylation sites (N-methyl/N-ethyl adjacent to an activating group) is 1. The number of nitrogens with one attached hydrogen (secondary N) is 1. The molecule has 2 rings (SSSR count). The van der Waals surface area contributed by atoms with Crippen LogP contribution in [-0.4, -0.2) is 42.2 Å². The molecule has 1 aliphatic rings. The van der Waals surface area contributed by atoms with Crippen molar-refractivity contribution in [3.8, 4) is 0 Å². The van der Waals surface area contributed by atoms with Crippen LogP contribution in [0.5, 0.6) is 0 Å². The molecule has 0 saturated heterocycles. The van der Waals surface area contributed by atoms with Gasteiger partial charge in [-0.3, -0.25) is 4.90 Å². The van der Waals surface area contributed by atoms with Crippen LogP contribution < -0.4 is 5.32 Å². The molecule has 0 bridgehead atoms. The van der Waals surface area contributed by atoms with Gasteiger partial charge in [-0.25, -0.2) is 0 Å². The van der Waals surface area contributed by atoms with E-state index in [9.17, 15) is 5.11 Å². The van der Waals surface area contributed by atoms with E-state index in [1.807, 2.05) is 17.5 Å². The molecule has 1 unspecified atom stereocenters. The Morgan fingerprint density at radius 2 is 2.41 bits per heavy atom. The molecule has 17 heavy (non-hydrogen) atoms. The number of aliphatic hydroxyl groups is 1. The zero-order chi connectivity index (χ0) is 12.1. The molecule has 0 spiro atoms. The smallest absolute Gasteiger partial charge is 0.101 e. The SMILES string of the molecule is CCN(CCNCC(O)c1cccs1)C1CC1. The van der Waals surface area contributed by atoms with E-state index >= 15 is 0 Å². The zero-order valence-electron chi connectivity index (χ0n) is 10.4. The topological polar surface area (TPSA) is 35.5 Å². The number of nitrogens with zero attached hydrogens (tertiary/aromatic N) is 1. The third kappa shape index (κ3) is 4.07. The van der Waals surface area contributed by atoms with Gasteiger partial charge >= 0.3 is 0 Å². The third-order valence-electron chi connectivity index (χ3n) is 3.25. The van der Waals surface area contributed by atoms with Crippen molar-refractivity contribution in [3.05, 3.63) is 22.4 Å². The fourth-order valence-corrected chi connectivity index (χ4v) is 2.79. The number of rotatable bonds is 8. The lowest BCUT2D eigenvalue weighted by molar-refractivity contribution is 0.175. The van der Waals surface area contributed by atoms with Crippen LogP contribution in [-0.2, 0) is 0 Å². The van der Waals surface area contributed by atoms with Crippen LogP contribution >= 0.6 is 11.3 Å². The molecule has 0 amide bonds. The molecule has 4 heteroatoms. The van der Waals surface area contributed by atoms with Crippen LogP contribution in [0.25, 0.3) is 0 Å². The van der Waals surface area contributed by atoms with Crippen molar-refractivity contribution in [3.63, 3.8) is 0 Å². The van der Waals surface area contributed by atoms with Gasteiger partial charge in [0.1, 0.15) is 6.10 Å². The molecule has 1 fully saturated rings. The summed E-state index contributed by atoms with van der Waals surface area (Å²) in [7, 11) is 0. The van der Waals surface area contributed by atoms with Crippen molar-refractivity contribution < 1.29 is 5.11 Å². The minimum absolute atomic E-state index is 0.356. The molecule has 1 aromatic heterocycles. The van der Waals surface area contributed by atoms with Gasteiger partial charge in [0.2, 0.25) is 0 Å². The second-order valence-corrected chi connectivity index (χ2v) is 5.57. The van der Waals surface area contributed by atoms with E-state index in [-0.39, 0.29) is 6.10 Å². The van der Waals surface area contributed by atoms with Crippen molar-refractivity contribution in [1.29, 1.82) is 0 Å². The molecular weight excluding hydrogens is 232 g/mol. The molecule has 2 N–H and O–H groups in total. The lowest BCUT2D eigenvalue weighted by Gasteiger charge is -2.20. The summed E-state index contributed by atoms with van der Waals surface area (Å²) in [6.45, 7) is 6.08. The van der Waals surface area contributed by atoms with E-state index < -0.39 is 0 Å². The Balaban J connectivity index is 1.59. The van der Waals surface area contributed by atoms with Crippen molar-refractivity contribution in [2.45, 2.75) is 31.9 Å². The number of thiophene rings is 1. The lowest BCUT2D eigenvalue weighted by atomic mass is 10.3. The molecule has 1 saturated carbocycles. The summed E-state index contributed by atoms with van der Waals surface area (Å²) in [5.74, 6) is 0. The highest BCUT2D eigenvalue weighted by atomic mass is 32.1. The maximum atomic E-state index is 9.89. The summed E-state index contributed by atoms with van der Waals surface area (Å²) in [4.78, 5) is 3.57. The van der Waals surface area contributed by atoms with Crippen molar-refractivity contribution in [1.82, 2.24) is 10.2 Å². The summed E-state index contributed by atoms with van der Waals surface area (Å²) in [6.07, 6.45) is 2.38. The van der Waals surface area contributed by atoms with E-state index in [4.69, 9.17) is 0 Å². The van der Waals surface area contributed by atoms with Crippen LogP contribution in [0.1, 0.15) is 30.7 Å². The van der Waals surface area contributed by atoms with Crippen LogP contribution in [0.15, 0.2) is 17.5 Å². The van der Waals surface area contributed by atoms with Gasteiger partial charge in [-0.15, -0.1) is 11.3 Å². The van der Waals surface area contributed by atoms with Crippen LogP contribution in [0, 0.1) is 0 Å². The fourth-order valence-electron chi connectivity index (χ4n) is 2.08. The minimum Gasteiger partial charge on any atom is -0.386 e. The van der Waals surface area contributed by atoms with Gasteiger partial charge in [0.25, 0.3) is 0 Å². The highest BCUT2D eigenvalue weighted by Crippen LogP contribution is 2.25. The predicted molar refractivity (Wildman–Crippen MR) is 72.4 cm³/mol. The first kappa shape index (κ1) is 13.0. The first-order valence-electron chi connectivity index (χ1n) is 6.47. The maximum Gasteiger partial charge on any atom is 0.101 e. The summed E-state index contributed by atoms with van der Waals surface area (Å²) in [6, 6.07) is 4.80. The Morgan fingerprint density at radius 1 is 1.59 bits per heavy atom. The predicted octanol–water partition coefficient (Wildman–Crippen LogP) is 1.86. The van der Waals surface area contributed by atoms with E-state index in [1.54, 1.807) is 11.3 Å². The van der Waals surface area contributed by atoms with Crippen molar-refractivity contribution in [2.24, 2.45) is 0 Å². The summed E-state index contributed by atoms with van der Waals surface area (Å²) in [5, 5.41) is 15.2. The quantitative estimate of drug-likeness (QED) is 0.695. The molecule has 1 aromatic rings. The van der Waals surface area contributed by atoms with Gasteiger partial charge in [0.05, 0.1) is 0 Å². The first-order chi connectivity index (χ1) is 8.31. The molecule has 1 aliphatic carbocycles. The number of hydrogen-bond donors (Lipinski definition) is 2. The van der Waals surface area contributed by atoms with E-state index in [1.165, 1.54) is 12.8 Å². The summed E-state index contributed by atoms with van der Waals surface area (Å²) >= 11 is 1.61. The van der Waals surface area contributed by atoms with Gasteiger partial charge in [0.15, 0.2) is 0 Å². The standard InChI is InChI=1S/C13H22N2OS/c1-2-15(11-5-6-11)8-7-14-10-12(16)13-4-3-9-17-13/h3-4,9,11-12,14,16H,2,5-8,10H2,1H3. The van der Waals surface area contributed by atoms with Crippen molar-refractivity contribution in [2.75, 3.05) is 26.2 Å². The van der Waals surface area contributed by atoms with Gasteiger partial charge in [-0.05, 0) is 30.8 Å². The maximum absolute atomic E-state index is 9.89. The third-order valence-corrected chi connectivity index (χ3v) is 4.23. The Hall–Kier alpha value is -0.420. The average Bonchev–Trinajstić information content (AvgIpc) is 3.03. The van der Waals surface area contributed by atoms with Gasteiger partial charge in [-0.1, -0.05) is 13.0 Å². The summed E-state index contributed by atoms with van der Waals surface area (Å²) in [5.41, 5.74) is 0. The number of aliphatic hydroxyl groups excluding tert-OH is 1. The minimum atomic E-state index is -0.356. The second kappa shape index (κ2) is 6.50. The monoisotopic (exact) mass is 254 g/mol. The molecule has 3 nitrogen and oxygen atoms in total.